The smallest absolute Gasteiger partial charge is 0.410 e. The second-order valence-corrected chi connectivity index (χ2v) is 5.36. The molecule has 2 aromatic carbocycles. The second kappa shape index (κ2) is 6.00. The number of fused-ring (bicyclic) bond motifs is 1. The van der Waals surface area contributed by atoms with Crippen LogP contribution in [0.4, 0.5) is 10.5 Å². The predicted molar refractivity (Wildman–Crippen MR) is 84.0 cm³/mol. The summed E-state index contributed by atoms with van der Waals surface area (Å²) in [7, 11) is 1.73. The molecule has 3 nitrogen and oxygen atoms in total. The van der Waals surface area contributed by atoms with E-state index in [4.69, 9.17) is 4.74 Å². The van der Waals surface area contributed by atoms with Crippen molar-refractivity contribution < 1.29 is 9.53 Å². The van der Waals surface area contributed by atoms with Gasteiger partial charge in [-0.05, 0) is 55.0 Å². The molecule has 3 rings (SSSR count). The number of hydrogen-bond acceptors (Lipinski definition) is 2. The van der Waals surface area contributed by atoms with E-state index in [0.29, 0.717) is 5.75 Å². The molecule has 0 saturated carbocycles. The summed E-state index contributed by atoms with van der Waals surface area (Å²) < 4.78 is 5.62. The number of benzene rings is 2. The molecule has 0 heterocycles. The Kier molecular flexibility index (Phi) is 3.91. The largest absolute Gasteiger partial charge is 0.419 e. The van der Waals surface area contributed by atoms with Crippen molar-refractivity contribution in [2.24, 2.45) is 0 Å². The van der Waals surface area contributed by atoms with Crippen molar-refractivity contribution in [3.05, 3.63) is 59.7 Å². The van der Waals surface area contributed by atoms with Crippen LogP contribution >= 0.6 is 0 Å². The van der Waals surface area contributed by atoms with Gasteiger partial charge in [-0.25, -0.2) is 4.79 Å². The van der Waals surface area contributed by atoms with Gasteiger partial charge in [0.2, 0.25) is 0 Å². The molecule has 0 bridgehead atoms. The number of anilines is 1. The third kappa shape index (κ3) is 2.92. The minimum absolute atomic E-state index is 0.347. The van der Waals surface area contributed by atoms with Crippen LogP contribution in [-0.2, 0) is 12.8 Å². The third-order valence-corrected chi connectivity index (χ3v) is 3.97. The maximum Gasteiger partial charge on any atom is 0.419 e. The lowest BCUT2D eigenvalue weighted by atomic mass is 9.91. The van der Waals surface area contributed by atoms with Crippen molar-refractivity contribution in [2.75, 3.05) is 11.9 Å². The highest BCUT2D eigenvalue weighted by Crippen LogP contribution is 2.30. The number of amides is 1. The van der Waals surface area contributed by atoms with Crippen LogP contribution < -0.4 is 9.64 Å². The molecule has 0 spiro atoms. The van der Waals surface area contributed by atoms with E-state index in [0.717, 1.165) is 24.9 Å². The topological polar surface area (TPSA) is 29.5 Å². The Bertz CT molecular complexity index is 637. The SMILES string of the molecule is CN(C(=O)Oc1cccc2c1CCCC2)c1ccccc1. The molecule has 0 N–H and O–H groups in total. The first-order valence-corrected chi connectivity index (χ1v) is 7.37. The third-order valence-electron chi connectivity index (χ3n) is 3.97. The zero-order valence-electron chi connectivity index (χ0n) is 12.2. The molecule has 21 heavy (non-hydrogen) atoms. The van der Waals surface area contributed by atoms with Crippen LogP contribution in [0.5, 0.6) is 5.75 Å². The zero-order valence-corrected chi connectivity index (χ0v) is 12.2. The van der Waals surface area contributed by atoms with E-state index in [2.05, 4.69) is 6.07 Å². The second-order valence-electron chi connectivity index (χ2n) is 5.36. The minimum atomic E-state index is -0.347. The van der Waals surface area contributed by atoms with Gasteiger partial charge in [-0.2, -0.15) is 0 Å². The van der Waals surface area contributed by atoms with Crippen LogP contribution in [0, 0.1) is 0 Å². The molecule has 0 fully saturated rings. The highest BCUT2D eigenvalue weighted by atomic mass is 16.6. The van der Waals surface area contributed by atoms with Crippen LogP contribution in [0.1, 0.15) is 24.0 Å². The number of hydrogen-bond donors (Lipinski definition) is 0. The average Bonchev–Trinajstić information content (AvgIpc) is 2.55. The molecular formula is C18H19NO2. The maximum absolute atomic E-state index is 12.3. The summed E-state index contributed by atoms with van der Waals surface area (Å²) in [6.07, 6.45) is 4.10. The van der Waals surface area contributed by atoms with Crippen molar-refractivity contribution in [1.82, 2.24) is 0 Å². The number of nitrogens with zero attached hydrogens (tertiary/aromatic N) is 1. The maximum atomic E-state index is 12.3. The molecule has 1 amide bonds. The summed E-state index contributed by atoms with van der Waals surface area (Å²) in [5.41, 5.74) is 3.33. The van der Waals surface area contributed by atoms with Gasteiger partial charge in [0, 0.05) is 12.7 Å². The average molecular weight is 281 g/mol. The molecule has 0 atom stereocenters. The normalized spacial score (nSPS) is 13.4. The molecule has 108 valence electrons. The van der Waals surface area contributed by atoms with E-state index >= 15 is 0 Å². The van der Waals surface area contributed by atoms with Crippen molar-refractivity contribution in [1.29, 1.82) is 0 Å². The molecule has 2 aromatic rings. The minimum Gasteiger partial charge on any atom is -0.410 e. The van der Waals surface area contributed by atoms with Gasteiger partial charge >= 0.3 is 6.09 Å². The van der Waals surface area contributed by atoms with E-state index in [-0.39, 0.29) is 6.09 Å². The molecule has 0 radical (unpaired) electrons. The van der Waals surface area contributed by atoms with Crippen LogP contribution in [0.3, 0.4) is 0 Å². The van der Waals surface area contributed by atoms with Crippen molar-refractivity contribution >= 4 is 11.8 Å². The predicted octanol–water partition coefficient (Wildman–Crippen LogP) is 4.20. The summed E-state index contributed by atoms with van der Waals surface area (Å²) in [5, 5.41) is 0. The fourth-order valence-corrected chi connectivity index (χ4v) is 2.76. The number of aryl methyl sites for hydroxylation is 1. The Hall–Kier alpha value is -2.29. The van der Waals surface area contributed by atoms with Gasteiger partial charge in [0.25, 0.3) is 0 Å². The van der Waals surface area contributed by atoms with Gasteiger partial charge in [0.05, 0.1) is 0 Å². The monoisotopic (exact) mass is 281 g/mol. The van der Waals surface area contributed by atoms with E-state index in [1.165, 1.54) is 22.4 Å². The number of ether oxygens (including phenoxy) is 1. The first-order valence-electron chi connectivity index (χ1n) is 7.37. The summed E-state index contributed by atoms with van der Waals surface area (Å²) >= 11 is 0. The molecular weight excluding hydrogens is 262 g/mol. The van der Waals surface area contributed by atoms with Crippen LogP contribution in [0.25, 0.3) is 0 Å². The first-order chi connectivity index (χ1) is 10.3. The van der Waals surface area contributed by atoms with Crippen LogP contribution in [0.15, 0.2) is 48.5 Å². The Labute approximate surface area is 125 Å². The Morgan fingerprint density at radius 1 is 1.00 bits per heavy atom. The number of carbonyl (C=O) groups is 1. The van der Waals surface area contributed by atoms with Crippen molar-refractivity contribution in [2.45, 2.75) is 25.7 Å². The van der Waals surface area contributed by atoms with E-state index in [1.54, 1.807) is 7.05 Å². The molecule has 1 aliphatic carbocycles. The van der Waals surface area contributed by atoms with E-state index < -0.39 is 0 Å². The van der Waals surface area contributed by atoms with Crippen LogP contribution in [-0.4, -0.2) is 13.1 Å². The fourth-order valence-electron chi connectivity index (χ4n) is 2.76. The van der Waals surface area contributed by atoms with E-state index in [1.807, 2.05) is 42.5 Å². The standard InChI is InChI=1S/C18H19NO2/c1-19(15-10-3-2-4-11-15)18(20)21-17-13-7-9-14-8-5-6-12-16(14)17/h2-4,7,9-11,13H,5-6,8,12H2,1H3. The van der Waals surface area contributed by atoms with Crippen molar-refractivity contribution in [3.8, 4) is 5.75 Å². The zero-order chi connectivity index (χ0) is 14.7. The van der Waals surface area contributed by atoms with Gasteiger partial charge in [-0.3, -0.25) is 4.90 Å². The lowest BCUT2D eigenvalue weighted by molar-refractivity contribution is 0.208. The highest BCUT2D eigenvalue weighted by molar-refractivity contribution is 5.88. The van der Waals surface area contributed by atoms with Crippen LogP contribution in [0.2, 0.25) is 0 Å². The summed E-state index contributed by atoms with van der Waals surface area (Å²) in [4.78, 5) is 13.8. The lowest BCUT2D eigenvalue weighted by Gasteiger charge is -2.21. The summed E-state index contributed by atoms with van der Waals surface area (Å²) in [6, 6.07) is 15.5. The number of rotatable bonds is 2. The van der Waals surface area contributed by atoms with Gasteiger partial charge < -0.3 is 4.74 Å². The van der Waals surface area contributed by atoms with Gasteiger partial charge in [0.15, 0.2) is 0 Å². The van der Waals surface area contributed by atoms with Gasteiger partial charge in [0.1, 0.15) is 5.75 Å². The summed E-state index contributed by atoms with van der Waals surface area (Å²) in [6.45, 7) is 0. The highest BCUT2D eigenvalue weighted by Gasteiger charge is 2.18. The quantitative estimate of drug-likeness (QED) is 0.825. The Morgan fingerprint density at radius 3 is 2.57 bits per heavy atom. The van der Waals surface area contributed by atoms with Crippen molar-refractivity contribution in [3.63, 3.8) is 0 Å². The number of para-hydroxylation sites is 1. The Morgan fingerprint density at radius 2 is 1.76 bits per heavy atom. The first kappa shape index (κ1) is 13.7. The fraction of sp³-hybridized carbons (Fsp3) is 0.278. The Balaban J connectivity index is 1.79. The number of carbonyl (C=O) groups excluding carboxylic acids is 1. The molecule has 0 aliphatic heterocycles. The molecule has 0 aromatic heterocycles. The molecule has 0 unspecified atom stereocenters. The molecule has 0 saturated heterocycles. The summed E-state index contributed by atoms with van der Waals surface area (Å²) in [5.74, 6) is 0.708. The molecule has 3 heteroatoms. The van der Waals surface area contributed by atoms with E-state index in [9.17, 15) is 4.79 Å². The molecule has 1 aliphatic rings. The van der Waals surface area contributed by atoms with Gasteiger partial charge in [-0.1, -0.05) is 30.3 Å². The lowest BCUT2D eigenvalue weighted by Crippen LogP contribution is -2.29. The van der Waals surface area contributed by atoms with Gasteiger partial charge in [-0.15, -0.1) is 0 Å².